The zero-order valence-electron chi connectivity index (χ0n) is 11.3. The van der Waals surface area contributed by atoms with E-state index in [1.807, 2.05) is 0 Å². The Hall–Kier alpha value is -0.0800. The van der Waals surface area contributed by atoms with E-state index in [1.54, 1.807) is 0 Å². The van der Waals surface area contributed by atoms with Gasteiger partial charge in [0.15, 0.2) is 0 Å². The number of hydrogen-bond acceptors (Lipinski definition) is 2. The lowest BCUT2D eigenvalue weighted by atomic mass is 9.74. The van der Waals surface area contributed by atoms with Crippen LogP contribution in [0, 0.1) is 11.3 Å². The summed E-state index contributed by atoms with van der Waals surface area (Å²) in [5.41, 5.74) is 0.212. The van der Waals surface area contributed by atoms with E-state index in [4.69, 9.17) is 0 Å². The van der Waals surface area contributed by atoms with Gasteiger partial charge in [0.25, 0.3) is 0 Å². The summed E-state index contributed by atoms with van der Waals surface area (Å²) in [5, 5.41) is 9.64. The monoisotopic (exact) mass is 227 g/mol. The van der Waals surface area contributed by atoms with Gasteiger partial charge in [-0.05, 0) is 38.8 Å². The first-order valence-corrected chi connectivity index (χ1v) is 6.87. The van der Waals surface area contributed by atoms with Gasteiger partial charge in [0.2, 0.25) is 0 Å². The van der Waals surface area contributed by atoms with E-state index < -0.39 is 0 Å². The number of nitrogens with zero attached hydrogens (tertiary/aromatic N) is 1. The number of aliphatic hydroxyl groups excluding tert-OH is 1. The molecule has 1 aliphatic carbocycles. The Morgan fingerprint density at radius 1 is 1.19 bits per heavy atom. The smallest absolute Gasteiger partial charge is 0.0499 e. The molecule has 1 N–H and O–H groups in total. The van der Waals surface area contributed by atoms with E-state index in [-0.39, 0.29) is 5.41 Å². The lowest BCUT2D eigenvalue weighted by Crippen LogP contribution is -2.40. The van der Waals surface area contributed by atoms with E-state index in [1.165, 1.54) is 45.1 Å². The molecule has 1 rings (SSSR count). The van der Waals surface area contributed by atoms with Crippen LogP contribution < -0.4 is 0 Å². The van der Waals surface area contributed by atoms with Crippen LogP contribution >= 0.6 is 0 Å². The van der Waals surface area contributed by atoms with Crippen LogP contribution in [0.4, 0.5) is 0 Å². The summed E-state index contributed by atoms with van der Waals surface area (Å²) >= 11 is 0. The summed E-state index contributed by atoms with van der Waals surface area (Å²) < 4.78 is 0. The Morgan fingerprint density at radius 2 is 1.81 bits per heavy atom. The van der Waals surface area contributed by atoms with Crippen molar-refractivity contribution in [1.29, 1.82) is 0 Å². The maximum atomic E-state index is 9.64. The third-order valence-electron chi connectivity index (χ3n) is 3.94. The van der Waals surface area contributed by atoms with Gasteiger partial charge in [-0.2, -0.15) is 0 Å². The third kappa shape index (κ3) is 4.42. The van der Waals surface area contributed by atoms with Crippen molar-refractivity contribution in [3.05, 3.63) is 0 Å². The van der Waals surface area contributed by atoms with Crippen molar-refractivity contribution in [1.82, 2.24) is 4.90 Å². The topological polar surface area (TPSA) is 23.5 Å². The quantitative estimate of drug-likeness (QED) is 0.754. The van der Waals surface area contributed by atoms with Crippen LogP contribution in [-0.2, 0) is 0 Å². The number of hydrogen-bond donors (Lipinski definition) is 1. The molecule has 0 saturated heterocycles. The Bertz CT molecular complexity index is 185. The fraction of sp³-hybridized carbons (Fsp3) is 1.00. The molecule has 0 aromatic carbocycles. The van der Waals surface area contributed by atoms with Crippen LogP contribution in [-0.4, -0.2) is 36.8 Å². The number of aliphatic hydroxyl groups is 1. The summed E-state index contributed by atoms with van der Waals surface area (Å²) in [6.07, 6.45) is 7.66. The maximum absolute atomic E-state index is 9.64. The second-order valence-electron chi connectivity index (χ2n) is 6.14. The molecular formula is C14H29NO. The summed E-state index contributed by atoms with van der Waals surface area (Å²) in [6, 6.07) is 0. The predicted molar refractivity (Wildman–Crippen MR) is 69.6 cm³/mol. The van der Waals surface area contributed by atoms with Crippen LogP contribution in [0.15, 0.2) is 0 Å². The number of rotatable bonds is 6. The molecule has 2 heteroatoms. The molecule has 0 heterocycles. The molecule has 0 aromatic rings. The molecule has 1 saturated carbocycles. The summed E-state index contributed by atoms with van der Waals surface area (Å²) in [4.78, 5) is 2.42. The molecule has 0 aliphatic heterocycles. The molecule has 2 nitrogen and oxygen atoms in total. The maximum Gasteiger partial charge on any atom is 0.0499 e. The van der Waals surface area contributed by atoms with Crippen molar-refractivity contribution in [3.63, 3.8) is 0 Å². The van der Waals surface area contributed by atoms with E-state index in [0.29, 0.717) is 6.61 Å². The van der Waals surface area contributed by atoms with Crippen LogP contribution in [0.5, 0.6) is 0 Å². The van der Waals surface area contributed by atoms with Gasteiger partial charge in [-0.15, -0.1) is 0 Å². The van der Waals surface area contributed by atoms with Crippen LogP contribution in [0.1, 0.15) is 52.4 Å². The SMILES string of the molecule is CC(C)CCN(C)CC1(CO)CCCCC1. The lowest BCUT2D eigenvalue weighted by Gasteiger charge is -2.39. The highest BCUT2D eigenvalue weighted by Crippen LogP contribution is 2.36. The van der Waals surface area contributed by atoms with Gasteiger partial charge in [0.1, 0.15) is 0 Å². The molecule has 0 atom stereocenters. The van der Waals surface area contributed by atoms with E-state index in [0.717, 1.165) is 12.5 Å². The van der Waals surface area contributed by atoms with Gasteiger partial charge in [-0.1, -0.05) is 33.1 Å². The fourth-order valence-corrected chi connectivity index (χ4v) is 2.80. The van der Waals surface area contributed by atoms with Gasteiger partial charge in [0.05, 0.1) is 0 Å². The molecule has 1 aliphatic rings. The Morgan fingerprint density at radius 3 is 2.31 bits per heavy atom. The Labute approximate surface area is 101 Å². The zero-order chi connectivity index (χ0) is 12.0. The molecule has 0 aromatic heterocycles. The highest BCUT2D eigenvalue weighted by molar-refractivity contribution is 4.84. The standard InChI is InChI=1S/C14H29NO/c1-13(2)7-10-15(3)11-14(12-16)8-5-4-6-9-14/h13,16H,4-12H2,1-3H3. The first-order chi connectivity index (χ1) is 7.58. The van der Waals surface area contributed by atoms with E-state index in [9.17, 15) is 5.11 Å². The normalized spacial score (nSPS) is 20.6. The van der Waals surface area contributed by atoms with E-state index >= 15 is 0 Å². The average Bonchev–Trinajstić information content (AvgIpc) is 2.28. The van der Waals surface area contributed by atoms with Crippen molar-refractivity contribution >= 4 is 0 Å². The fourth-order valence-electron chi connectivity index (χ4n) is 2.80. The van der Waals surface area contributed by atoms with Crippen LogP contribution in [0.2, 0.25) is 0 Å². The van der Waals surface area contributed by atoms with Crippen molar-refractivity contribution in [2.75, 3.05) is 26.7 Å². The first kappa shape index (κ1) is 14.0. The second kappa shape index (κ2) is 6.61. The summed E-state index contributed by atoms with van der Waals surface area (Å²) in [5.74, 6) is 0.777. The van der Waals surface area contributed by atoms with Crippen molar-refractivity contribution in [3.8, 4) is 0 Å². The van der Waals surface area contributed by atoms with Gasteiger partial charge in [-0.25, -0.2) is 0 Å². The molecule has 16 heavy (non-hydrogen) atoms. The molecule has 1 fully saturated rings. The zero-order valence-corrected chi connectivity index (χ0v) is 11.3. The molecule has 96 valence electrons. The average molecular weight is 227 g/mol. The Kier molecular flexibility index (Phi) is 5.77. The van der Waals surface area contributed by atoms with Crippen molar-refractivity contribution in [2.24, 2.45) is 11.3 Å². The molecule has 0 radical (unpaired) electrons. The highest BCUT2D eigenvalue weighted by atomic mass is 16.3. The van der Waals surface area contributed by atoms with E-state index in [2.05, 4.69) is 25.8 Å². The predicted octanol–water partition coefficient (Wildman–Crippen LogP) is 2.91. The lowest BCUT2D eigenvalue weighted by molar-refractivity contribution is 0.0473. The van der Waals surface area contributed by atoms with Crippen LogP contribution in [0.25, 0.3) is 0 Å². The minimum atomic E-state index is 0.212. The summed E-state index contributed by atoms with van der Waals surface area (Å²) in [7, 11) is 2.20. The molecule has 0 bridgehead atoms. The van der Waals surface area contributed by atoms with Crippen molar-refractivity contribution < 1.29 is 5.11 Å². The molecule has 0 amide bonds. The van der Waals surface area contributed by atoms with Gasteiger partial charge in [-0.3, -0.25) is 0 Å². The van der Waals surface area contributed by atoms with Crippen molar-refractivity contribution in [2.45, 2.75) is 52.4 Å². The van der Waals surface area contributed by atoms with Gasteiger partial charge in [0, 0.05) is 18.6 Å². The van der Waals surface area contributed by atoms with Gasteiger partial charge >= 0.3 is 0 Å². The Balaban J connectivity index is 2.36. The molecular weight excluding hydrogens is 198 g/mol. The summed E-state index contributed by atoms with van der Waals surface area (Å²) in [6.45, 7) is 7.17. The third-order valence-corrected chi connectivity index (χ3v) is 3.94. The minimum absolute atomic E-state index is 0.212. The molecule has 0 spiro atoms. The largest absolute Gasteiger partial charge is 0.396 e. The molecule has 0 unspecified atom stereocenters. The minimum Gasteiger partial charge on any atom is -0.396 e. The second-order valence-corrected chi connectivity index (χ2v) is 6.14. The van der Waals surface area contributed by atoms with Crippen LogP contribution in [0.3, 0.4) is 0 Å². The van der Waals surface area contributed by atoms with Gasteiger partial charge < -0.3 is 10.0 Å². The first-order valence-electron chi connectivity index (χ1n) is 6.87. The highest BCUT2D eigenvalue weighted by Gasteiger charge is 2.32.